The number of carbonyl (C=O) groups is 1. The lowest BCUT2D eigenvalue weighted by Gasteiger charge is -2.28. The summed E-state index contributed by atoms with van der Waals surface area (Å²) in [6.07, 6.45) is 5.49. The second kappa shape index (κ2) is 6.15. The van der Waals surface area contributed by atoms with Crippen LogP contribution in [-0.4, -0.2) is 68.9 Å². The van der Waals surface area contributed by atoms with E-state index in [1.165, 1.54) is 25.7 Å². The first kappa shape index (κ1) is 16.1. The molecule has 1 aromatic rings. The monoisotopic (exact) mass is 332 g/mol. The molecule has 6 nitrogen and oxygen atoms in total. The van der Waals surface area contributed by atoms with Gasteiger partial charge in [0.1, 0.15) is 5.69 Å². The lowest BCUT2D eigenvalue weighted by atomic mass is 10.0. The van der Waals surface area contributed by atoms with Gasteiger partial charge in [0.15, 0.2) is 0 Å². The summed E-state index contributed by atoms with van der Waals surface area (Å²) < 4.78 is 1.83. The number of amides is 1. The number of aliphatic hydroxyl groups is 1. The van der Waals surface area contributed by atoms with Crippen LogP contribution in [0.25, 0.3) is 0 Å². The molecule has 0 unspecified atom stereocenters. The molecule has 1 atom stereocenters. The van der Waals surface area contributed by atoms with Crippen LogP contribution in [0.15, 0.2) is 6.07 Å². The summed E-state index contributed by atoms with van der Waals surface area (Å²) in [4.78, 5) is 17.1. The Bertz CT molecular complexity index is 619. The molecule has 0 aromatic carbocycles. The van der Waals surface area contributed by atoms with E-state index in [9.17, 15) is 9.90 Å². The highest BCUT2D eigenvalue weighted by molar-refractivity contribution is 5.93. The number of rotatable bonds is 5. The van der Waals surface area contributed by atoms with E-state index in [0.717, 1.165) is 18.8 Å². The summed E-state index contributed by atoms with van der Waals surface area (Å²) >= 11 is 0. The fourth-order valence-corrected chi connectivity index (χ4v) is 4.11. The van der Waals surface area contributed by atoms with Gasteiger partial charge in [-0.25, -0.2) is 0 Å². The molecule has 6 heteroatoms. The Morgan fingerprint density at radius 2 is 2.08 bits per heavy atom. The molecule has 1 aromatic heterocycles. The maximum Gasteiger partial charge on any atom is 0.272 e. The van der Waals surface area contributed by atoms with Gasteiger partial charge >= 0.3 is 0 Å². The third kappa shape index (κ3) is 3.09. The Morgan fingerprint density at radius 3 is 2.75 bits per heavy atom. The fourth-order valence-electron chi connectivity index (χ4n) is 4.11. The van der Waals surface area contributed by atoms with Crippen molar-refractivity contribution in [3.05, 3.63) is 17.5 Å². The minimum Gasteiger partial charge on any atom is -0.387 e. The highest BCUT2D eigenvalue weighted by Crippen LogP contribution is 2.39. The van der Waals surface area contributed by atoms with Gasteiger partial charge in [0, 0.05) is 25.6 Å². The van der Waals surface area contributed by atoms with Crippen molar-refractivity contribution in [3.8, 4) is 0 Å². The lowest BCUT2D eigenvalue weighted by Crippen LogP contribution is -2.45. The average Bonchev–Trinajstić information content (AvgIpc) is 2.99. The predicted molar refractivity (Wildman–Crippen MR) is 91.0 cm³/mol. The second-order valence-corrected chi connectivity index (χ2v) is 7.73. The molecule has 1 saturated carbocycles. The molecule has 1 amide bonds. The first-order valence-corrected chi connectivity index (χ1v) is 9.40. The Hall–Kier alpha value is -1.40. The zero-order chi connectivity index (χ0) is 16.7. The van der Waals surface area contributed by atoms with Gasteiger partial charge in [-0.3, -0.25) is 9.48 Å². The molecule has 3 aliphatic rings. The van der Waals surface area contributed by atoms with Gasteiger partial charge in [-0.2, -0.15) is 5.10 Å². The first-order valence-electron chi connectivity index (χ1n) is 9.40. The second-order valence-electron chi connectivity index (χ2n) is 7.73. The number of carbonyl (C=O) groups excluding carboxylic acids is 1. The lowest BCUT2D eigenvalue weighted by molar-refractivity contribution is 0.0174. The van der Waals surface area contributed by atoms with Gasteiger partial charge in [-0.1, -0.05) is 0 Å². The minimum absolute atomic E-state index is 0.0218. The summed E-state index contributed by atoms with van der Waals surface area (Å²) in [5, 5.41) is 15.5. The molecule has 1 aliphatic carbocycles. The topological polar surface area (TPSA) is 61.6 Å². The summed E-state index contributed by atoms with van der Waals surface area (Å²) in [5.74, 6) is 0.573. The van der Waals surface area contributed by atoms with Crippen molar-refractivity contribution < 1.29 is 9.90 Å². The van der Waals surface area contributed by atoms with Crippen LogP contribution in [0.5, 0.6) is 0 Å². The molecule has 132 valence electrons. The molecule has 2 saturated heterocycles. The van der Waals surface area contributed by atoms with Crippen LogP contribution in [0.1, 0.15) is 61.1 Å². The Morgan fingerprint density at radius 1 is 1.33 bits per heavy atom. The van der Waals surface area contributed by atoms with E-state index in [-0.39, 0.29) is 5.91 Å². The smallest absolute Gasteiger partial charge is 0.272 e. The van der Waals surface area contributed by atoms with Crippen LogP contribution < -0.4 is 0 Å². The molecule has 3 heterocycles. The third-order valence-corrected chi connectivity index (χ3v) is 5.65. The highest BCUT2D eigenvalue weighted by Gasteiger charge is 2.41. The summed E-state index contributed by atoms with van der Waals surface area (Å²) in [6, 6.07) is 1.97. The molecule has 0 bridgehead atoms. The maximum atomic E-state index is 12.9. The van der Waals surface area contributed by atoms with Gasteiger partial charge in [0.05, 0.1) is 17.8 Å². The number of hydrogen-bond acceptors (Lipinski definition) is 4. The quantitative estimate of drug-likeness (QED) is 0.887. The number of β-amino-alcohol motifs (C(OH)–C–C–N with tert-alkyl or cyclic N) is 1. The highest BCUT2D eigenvalue weighted by atomic mass is 16.3. The van der Waals surface area contributed by atoms with Crippen LogP contribution in [0, 0.1) is 0 Å². The molecule has 0 spiro atoms. The molecular formula is C18H28N4O2. The van der Waals surface area contributed by atoms with E-state index in [0.29, 0.717) is 44.2 Å². The summed E-state index contributed by atoms with van der Waals surface area (Å²) in [6.45, 7) is 6.64. The number of hydrogen-bond donors (Lipinski definition) is 1. The summed E-state index contributed by atoms with van der Waals surface area (Å²) in [5.41, 5.74) is 0.993. The van der Waals surface area contributed by atoms with E-state index in [1.54, 1.807) is 0 Å². The Balaban J connectivity index is 1.45. The van der Waals surface area contributed by atoms with Crippen LogP contribution in [0.3, 0.4) is 0 Å². The first-order chi connectivity index (χ1) is 11.6. The molecule has 4 rings (SSSR count). The van der Waals surface area contributed by atoms with Crippen molar-refractivity contribution in [1.29, 1.82) is 0 Å². The van der Waals surface area contributed by atoms with Gasteiger partial charge in [-0.05, 0) is 58.2 Å². The molecular weight excluding hydrogens is 304 g/mol. The van der Waals surface area contributed by atoms with Crippen molar-refractivity contribution in [2.75, 3.05) is 32.7 Å². The van der Waals surface area contributed by atoms with E-state index in [4.69, 9.17) is 0 Å². The van der Waals surface area contributed by atoms with Crippen LogP contribution in [0.2, 0.25) is 0 Å². The van der Waals surface area contributed by atoms with Crippen LogP contribution in [-0.2, 0) is 6.54 Å². The van der Waals surface area contributed by atoms with Crippen LogP contribution in [0.4, 0.5) is 0 Å². The van der Waals surface area contributed by atoms with Crippen molar-refractivity contribution in [3.63, 3.8) is 0 Å². The van der Waals surface area contributed by atoms with Crippen molar-refractivity contribution >= 4 is 5.91 Å². The molecule has 3 fully saturated rings. The minimum atomic E-state index is -0.754. The third-order valence-electron chi connectivity index (χ3n) is 5.65. The number of aryl methyl sites for hydroxylation is 1. The van der Waals surface area contributed by atoms with E-state index in [2.05, 4.69) is 10.00 Å². The molecule has 2 aliphatic heterocycles. The molecule has 1 N–H and O–H groups in total. The van der Waals surface area contributed by atoms with Gasteiger partial charge < -0.3 is 14.9 Å². The largest absolute Gasteiger partial charge is 0.387 e. The van der Waals surface area contributed by atoms with Gasteiger partial charge in [0.2, 0.25) is 0 Å². The normalized spacial score (nSPS) is 28.0. The van der Waals surface area contributed by atoms with E-state index < -0.39 is 5.60 Å². The number of aromatic nitrogens is 2. The zero-order valence-corrected chi connectivity index (χ0v) is 14.6. The van der Waals surface area contributed by atoms with Crippen molar-refractivity contribution in [2.45, 2.75) is 57.1 Å². The van der Waals surface area contributed by atoms with Crippen LogP contribution >= 0.6 is 0 Å². The number of nitrogens with zero attached hydrogens (tertiary/aromatic N) is 4. The molecule has 0 radical (unpaired) electrons. The standard InChI is InChI=1S/C18H28N4O2/c1-2-22-16(11-15(19-22)14-5-6-14)17(23)21-10-7-18(24,13-21)12-20-8-3-4-9-20/h11,14,24H,2-10,12-13H2,1H3/t18-/m0/s1. The predicted octanol–water partition coefficient (Wildman–Crippen LogP) is 1.45. The van der Waals surface area contributed by atoms with E-state index >= 15 is 0 Å². The van der Waals surface area contributed by atoms with Crippen molar-refractivity contribution in [1.82, 2.24) is 19.6 Å². The Labute approximate surface area is 143 Å². The SMILES string of the molecule is CCn1nc(C2CC2)cc1C(=O)N1CC[C@](O)(CN2CCCC2)C1. The maximum absolute atomic E-state index is 12.9. The molecule has 24 heavy (non-hydrogen) atoms. The average molecular weight is 332 g/mol. The van der Waals surface area contributed by atoms with Gasteiger partial charge in [-0.15, -0.1) is 0 Å². The van der Waals surface area contributed by atoms with E-state index in [1.807, 2.05) is 22.6 Å². The Kier molecular flexibility index (Phi) is 4.12. The summed E-state index contributed by atoms with van der Waals surface area (Å²) in [7, 11) is 0. The zero-order valence-electron chi connectivity index (χ0n) is 14.6. The fraction of sp³-hybridized carbons (Fsp3) is 0.778. The number of likely N-dealkylation sites (tertiary alicyclic amines) is 2. The van der Waals surface area contributed by atoms with Crippen molar-refractivity contribution in [2.24, 2.45) is 0 Å². The van der Waals surface area contributed by atoms with Gasteiger partial charge in [0.25, 0.3) is 5.91 Å².